The van der Waals surface area contributed by atoms with Crippen LogP contribution < -0.4 is 15.8 Å². The summed E-state index contributed by atoms with van der Waals surface area (Å²) < 4.78 is 57.7. The van der Waals surface area contributed by atoms with Crippen LogP contribution in [0, 0.1) is 6.92 Å². The van der Waals surface area contributed by atoms with E-state index in [4.69, 9.17) is 10.5 Å². The molecule has 1 saturated heterocycles. The summed E-state index contributed by atoms with van der Waals surface area (Å²) in [6, 6.07) is 19.1. The number of likely N-dealkylation sites (tertiary alicyclic amines) is 1. The zero-order valence-electron chi connectivity index (χ0n) is 22.7. The number of rotatable bonds is 8. The Bertz CT molecular complexity index is 1370. The van der Waals surface area contributed by atoms with E-state index >= 15 is 0 Å². The summed E-state index contributed by atoms with van der Waals surface area (Å²) in [5.41, 5.74) is 13.8. The molecule has 1 aliphatic heterocycles. The van der Waals surface area contributed by atoms with Crippen molar-refractivity contribution >= 4 is 22.5 Å². The minimum atomic E-state index is -4.49. The number of anilines is 2. The van der Waals surface area contributed by atoms with Crippen LogP contribution in [0.1, 0.15) is 53.5 Å². The van der Waals surface area contributed by atoms with E-state index in [1.165, 1.54) is 6.07 Å². The van der Waals surface area contributed by atoms with E-state index < -0.39 is 6.30 Å². The average molecular weight is 554 g/mol. The number of nitrogens with one attached hydrogen (secondary N) is 1. The summed E-state index contributed by atoms with van der Waals surface area (Å²) in [4.78, 5) is 2.24. The monoisotopic (exact) mass is 553 g/mol. The van der Waals surface area contributed by atoms with Gasteiger partial charge in [0.15, 0.2) is 0 Å². The number of nitrogens with zero attached hydrogens (tertiary/aromatic N) is 1. The molecule has 8 heteroatoms. The third-order valence-corrected chi connectivity index (χ3v) is 7.71. The molecule has 2 aliphatic rings. The van der Waals surface area contributed by atoms with E-state index in [0.717, 1.165) is 84.5 Å². The Balaban J connectivity index is 1.48. The van der Waals surface area contributed by atoms with Crippen LogP contribution in [0.4, 0.5) is 28.9 Å². The van der Waals surface area contributed by atoms with E-state index in [9.17, 15) is 17.6 Å². The highest BCUT2D eigenvalue weighted by molar-refractivity contribution is 6.00. The van der Waals surface area contributed by atoms with Crippen molar-refractivity contribution in [3.63, 3.8) is 0 Å². The van der Waals surface area contributed by atoms with Crippen LogP contribution in [-0.2, 0) is 6.42 Å². The highest BCUT2D eigenvalue weighted by atomic mass is 19.4. The molecule has 0 bridgehead atoms. The molecule has 4 nitrogen and oxygen atoms in total. The van der Waals surface area contributed by atoms with Crippen molar-refractivity contribution < 1.29 is 22.3 Å². The van der Waals surface area contributed by atoms with Crippen molar-refractivity contribution in [2.75, 3.05) is 37.4 Å². The van der Waals surface area contributed by atoms with Gasteiger partial charge in [0.05, 0.1) is 6.67 Å². The van der Waals surface area contributed by atoms with Gasteiger partial charge >= 0.3 is 6.30 Å². The fourth-order valence-electron chi connectivity index (χ4n) is 5.84. The van der Waals surface area contributed by atoms with Gasteiger partial charge < -0.3 is 10.5 Å². The van der Waals surface area contributed by atoms with Crippen molar-refractivity contribution in [2.45, 2.75) is 51.4 Å². The van der Waals surface area contributed by atoms with Crippen molar-refractivity contribution in [1.82, 2.24) is 4.90 Å². The van der Waals surface area contributed by atoms with Crippen molar-refractivity contribution in [1.29, 1.82) is 0 Å². The second kappa shape index (κ2) is 11.9. The molecule has 1 heterocycles. The van der Waals surface area contributed by atoms with Crippen molar-refractivity contribution in [3.05, 3.63) is 88.5 Å². The van der Waals surface area contributed by atoms with Gasteiger partial charge in [0.2, 0.25) is 0 Å². The van der Waals surface area contributed by atoms with Crippen LogP contribution in [-0.4, -0.2) is 43.6 Å². The third kappa shape index (κ3) is 6.61. The summed E-state index contributed by atoms with van der Waals surface area (Å²) in [6.45, 7) is 3.85. The minimum Gasteiger partial charge on any atom is -0.489 e. The Morgan fingerprint density at radius 2 is 1.77 bits per heavy atom. The van der Waals surface area contributed by atoms with Crippen LogP contribution in [0.5, 0.6) is 5.75 Å². The number of hydrogen-bond donors (Lipinski definition) is 2. The van der Waals surface area contributed by atoms with Gasteiger partial charge in [-0.25, -0.2) is 0 Å². The molecule has 212 valence electrons. The normalized spacial score (nSPS) is 18.0. The lowest BCUT2D eigenvalue weighted by atomic mass is 9.87. The lowest BCUT2D eigenvalue weighted by molar-refractivity contribution is -0.0999. The zero-order valence-corrected chi connectivity index (χ0v) is 22.7. The molecular weight excluding hydrogens is 518 g/mol. The first kappa shape index (κ1) is 28.0. The molecule has 1 atom stereocenters. The summed E-state index contributed by atoms with van der Waals surface area (Å²) in [5, 5.41) is 1.64. The highest BCUT2D eigenvalue weighted by Crippen LogP contribution is 2.41. The second-order valence-electron chi connectivity index (χ2n) is 10.7. The maximum atomic E-state index is 13.0. The molecular formula is C32H35F4N3O. The number of alkyl halides is 4. The number of fused-ring (bicyclic) bond motifs is 1. The first-order valence-corrected chi connectivity index (χ1v) is 13.8. The summed E-state index contributed by atoms with van der Waals surface area (Å²) in [6.07, 6.45) is -0.407. The Hall–Kier alpha value is -3.52. The average Bonchev–Trinajstić information content (AvgIpc) is 3.27. The lowest BCUT2D eigenvalue weighted by Gasteiger charge is -2.19. The van der Waals surface area contributed by atoms with Gasteiger partial charge in [0, 0.05) is 31.0 Å². The fraction of sp³-hybridized carbons (Fsp3) is 0.375. The van der Waals surface area contributed by atoms with E-state index in [-0.39, 0.29) is 18.5 Å². The molecule has 1 fully saturated rings. The van der Waals surface area contributed by atoms with E-state index in [1.807, 2.05) is 36.4 Å². The molecule has 0 radical (unpaired) electrons. The van der Waals surface area contributed by atoms with Crippen LogP contribution in [0.15, 0.2) is 60.7 Å². The van der Waals surface area contributed by atoms with Crippen LogP contribution in [0.3, 0.4) is 0 Å². The number of benzene rings is 3. The van der Waals surface area contributed by atoms with Gasteiger partial charge in [-0.2, -0.15) is 13.2 Å². The Kier molecular flexibility index (Phi) is 8.35. The maximum Gasteiger partial charge on any atom is 0.482 e. The predicted molar refractivity (Wildman–Crippen MR) is 153 cm³/mol. The van der Waals surface area contributed by atoms with Gasteiger partial charge in [-0.3, -0.25) is 14.6 Å². The quantitative estimate of drug-likeness (QED) is 0.171. The number of nitrogen functional groups attached to an aromatic ring is 1. The largest absolute Gasteiger partial charge is 0.489 e. The number of nitrogens with two attached hydrogens (primary N) is 1. The van der Waals surface area contributed by atoms with Gasteiger partial charge in [-0.05, 0) is 114 Å². The second-order valence-corrected chi connectivity index (χ2v) is 10.7. The van der Waals surface area contributed by atoms with Gasteiger partial charge in [0.1, 0.15) is 11.9 Å². The lowest BCUT2D eigenvalue weighted by Crippen LogP contribution is -2.26. The standard InChI is InChI=1S/C32H35F4N3O/c1-21-18-24(8-13-30(21)38-32(34,35)36)28-5-2-4-23-19-25(37)9-12-29(23)31(28)22-6-10-26(11-7-22)40-27-14-17-39(20-27)16-3-15-33/h6-13,18-19,27,38H,2-5,14-17,20,37H2,1H3. The fourth-order valence-corrected chi connectivity index (χ4v) is 5.84. The molecule has 0 saturated carbocycles. The summed E-state index contributed by atoms with van der Waals surface area (Å²) in [5.74, 6) is 0.785. The van der Waals surface area contributed by atoms with Crippen molar-refractivity contribution in [2.24, 2.45) is 0 Å². The van der Waals surface area contributed by atoms with Crippen LogP contribution >= 0.6 is 0 Å². The third-order valence-electron chi connectivity index (χ3n) is 7.71. The summed E-state index contributed by atoms with van der Waals surface area (Å²) in [7, 11) is 0. The topological polar surface area (TPSA) is 50.5 Å². The van der Waals surface area contributed by atoms with E-state index in [1.54, 1.807) is 18.3 Å². The predicted octanol–water partition coefficient (Wildman–Crippen LogP) is 7.62. The maximum absolute atomic E-state index is 13.0. The number of halogens is 4. The first-order chi connectivity index (χ1) is 19.2. The summed E-state index contributed by atoms with van der Waals surface area (Å²) >= 11 is 0. The molecule has 3 N–H and O–H groups in total. The smallest absolute Gasteiger partial charge is 0.482 e. The highest BCUT2D eigenvalue weighted by Gasteiger charge is 2.28. The number of ether oxygens (including phenoxy) is 1. The molecule has 1 unspecified atom stereocenters. The number of aryl methyl sites for hydroxylation is 2. The minimum absolute atomic E-state index is 0.0527. The van der Waals surface area contributed by atoms with E-state index in [2.05, 4.69) is 17.0 Å². The zero-order chi connectivity index (χ0) is 28.3. The van der Waals surface area contributed by atoms with Crippen LogP contribution in [0.2, 0.25) is 0 Å². The molecule has 3 aromatic rings. The van der Waals surface area contributed by atoms with Crippen molar-refractivity contribution in [3.8, 4) is 5.75 Å². The Labute approximate surface area is 232 Å². The molecule has 5 rings (SSSR count). The number of allylic oxidation sites excluding steroid dienone is 1. The van der Waals surface area contributed by atoms with Gasteiger partial charge in [-0.1, -0.05) is 24.3 Å². The Morgan fingerprint density at radius 3 is 2.50 bits per heavy atom. The van der Waals surface area contributed by atoms with Crippen LogP contribution in [0.25, 0.3) is 11.1 Å². The first-order valence-electron chi connectivity index (χ1n) is 13.8. The molecule has 0 spiro atoms. The Morgan fingerprint density at radius 1 is 1.00 bits per heavy atom. The van der Waals surface area contributed by atoms with Gasteiger partial charge in [-0.15, -0.1) is 0 Å². The molecule has 1 aliphatic carbocycles. The SMILES string of the molecule is Cc1cc(C2=C(c3ccc(OC4CCN(CCCF)C4)cc3)c3ccc(N)cc3CCC2)ccc1NC(F)(F)F. The molecule has 3 aromatic carbocycles. The number of hydrogen-bond acceptors (Lipinski definition) is 4. The van der Waals surface area contributed by atoms with E-state index in [0.29, 0.717) is 17.7 Å². The van der Waals surface area contributed by atoms with Gasteiger partial charge in [0.25, 0.3) is 0 Å². The molecule has 40 heavy (non-hydrogen) atoms. The molecule has 0 aromatic heterocycles. The molecule has 0 amide bonds.